The molecule has 0 aliphatic heterocycles. The van der Waals surface area contributed by atoms with Crippen molar-refractivity contribution in [3.63, 3.8) is 0 Å². The molecule has 0 saturated heterocycles. The van der Waals surface area contributed by atoms with Crippen molar-refractivity contribution in [3.8, 4) is 0 Å². The summed E-state index contributed by atoms with van der Waals surface area (Å²) in [6, 6.07) is 19.7. The van der Waals surface area contributed by atoms with E-state index in [9.17, 15) is 4.79 Å². The summed E-state index contributed by atoms with van der Waals surface area (Å²) in [5.74, 6) is -0.331. The summed E-state index contributed by atoms with van der Waals surface area (Å²) in [6.45, 7) is 0. The summed E-state index contributed by atoms with van der Waals surface area (Å²) in [7, 11) is 5.44. The van der Waals surface area contributed by atoms with Gasteiger partial charge in [0.25, 0.3) is 0 Å². The number of ether oxygens (including phenoxy) is 1. The van der Waals surface area contributed by atoms with Crippen LogP contribution < -0.4 is 4.90 Å². The summed E-state index contributed by atoms with van der Waals surface area (Å²) in [5.41, 5.74) is 5.77. The summed E-state index contributed by atoms with van der Waals surface area (Å²) in [4.78, 5) is 18.0. The Morgan fingerprint density at radius 2 is 1.34 bits per heavy atom. The Bertz CT molecular complexity index is 1000. The van der Waals surface area contributed by atoms with E-state index in [1.807, 2.05) is 62.8 Å². The van der Waals surface area contributed by atoms with Crippen molar-refractivity contribution in [2.45, 2.75) is 0 Å². The van der Waals surface area contributed by atoms with Gasteiger partial charge in [-0.1, -0.05) is 48.6 Å². The fourth-order valence-electron chi connectivity index (χ4n) is 2.72. The van der Waals surface area contributed by atoms with Crippen LogP contribution >= 0.6 is 0 Å². The molecular weight excluding hydrogens is 360 g/mol. The molecule has 0 aliphatic carbocycles. The van der Waals surface area contributed by atoms with Crippen LogP contribution in [0.2, 0.25) is 0 Å². The van der Waals surface area contributed by atoms with Crippen LogP contribution in [0.5, 0.6) is 0 Å². The Balaban J connectivity index is 1.62. The van der Waals surface area contributed by atoms with Gasteiger partial charge in [-0.15, -0.1) is 0 Å². The molecule has 4 nitrogen and oxygen atoms in total. The topological polar surface area (TPSA) is 42.4 Å². The number of benzene rings is 2. The first-order valence-electron chi connectivity index (χ1n) is 9.33. The van der Waals surface area contributed by atoms with Gasteiger partial charge < -0.3 is 9.64 Å². The molecule has 146 valence electrons. The zero-order valence-electron chi connectivity index (χ0n) is 16.9. The minimum atomic E-state index is -0.331. The van der Waals surface area contributed by atoms with Gasteiger partial charge in [-0.2, -0.15) is 0 Å². The molecule has 1 heterocycles. The first-order valence-corrected chi connectivity index (χ1v) is 9.33. The van der Waals surface area contributed by atoms with E-state index >= 15 is 0 Å². The average molecular weight is 384 g/mol. The molecule has 1 aromatic heterocycles. The van der Waals surface area contributed by atoms with Gasteiger partial charge in [0.15, 0.2) is 0 Å². The number of hydrogen-bond acceptors (Lipinski definition) is 4. The molecule has 2 aromatic carbocycles. The summed E-state index contributed by atoms with van der Waals surface area (Å²) in [6.07, 6.45) is 9.88. The number of carbonyl (C=O) groups excluding carboxylic acids is 1. The maximum atomic E-state index is 11.5. The molecule has 3 aromatic rings. The summed E-state index contributed by atoms with van der Waals surface area (Å²) < 4.78 is 4.71. The van der Waals surface area contributed by atoms with Crippen LogP contribution in [-0.4, -0.2) is 32.2 Å². The highest BCUT2D eigenvalue weighted by molar-refractivity contribution is 5.89. The zero-order chi connectivity index (χ0) is 20.6. The molecule has 3 rings (SSSR count). The monoisotopic (exact) mass is 384 g/mol. The lowest BCUT2D eigenvalue weighted by atomic mass is 10.1. The van der Waals surface area contributed by atoms with Gasteiger partial charge in [0.1, 0.15) is 0 Å². The van der Waals surface area contributed by atoms with Gasteiger partial charge in [0.2, 0.25) is 0 Å². The molecule has 0 spiro atoms. The van der Waals surface area contributed by atoms with E-state index in [1.165, 1.54) is 12.8 Å². The van der Waals surface area contributed by atoms with Crippen LogP contribution in [0.25, 0.3) is 24.3 Å². The van der Waals surface area contributed by atoms with Crippen LogP contribution in [0.1, 0.15) is 32.7 Å². The van der Waals surface area contributed by atoms with Crippen molar-refractivity contribution in [2.75, 3.05) is 26.1 Å². The first-order chi connectivity index (χ1) is 14.0. The van der Waals surface area contributed by atoms with Gasteiger partial charge in [-0.05, 0) is 53.1 Å². The molecule has 0 bridgehead atoms. The van der Waals surface area contributed by atoms with Gasteiger partial charge in [0.05, 0.1) is 18.4 Å². The van der Waals surface area contributed by atoms with Gasteiger partial charge in [-0.25, -0.2) is 4.79 Å². The second-order valence-electron chi connectivity index (χ2n) is 6.78. The van der Waals surface area contributed by atoms with Crippen molar-refractivity contribution < 1.29 is 9.53 Å². The number of methoxy groups -OCH3 is 1. The van der Waals surface area contributed by atoms with Gasteiger partial charge in [0, 0.05) is 26.0 Å². The summed E-state index contributed by atoms with van der Waals surface area (Å²) in [5, 5.41) is 0. The lowest BCUT2D eigenvalue weighted by Crippen LogP contribution is -2.07. The predicted octanol–water partition coefficient (Wildman–Crippen LogP) is 5.28. The average Bonchev–Trinajstić information content (AvgIpc) is 2.77. The normalized spacial score (nSPS) is 11.1. The van der Waals surface area contributed by atoms with Crippen molar-refractivity contribution in [2.24, 2.45) is 0 Å². The van der Waals surface area contributed by atoms with Crippen molar-refractivity contribution in [3.05, 3.63) is 94.8 Å². The molecule has 0 N–H and O–H groups in total. The molecular formula is C25H24N2O2. The van der Waals surface area contributed by atoms with E-state index in [0.717, 1.165) is 22.4 Å². The second kappa shape index (κ2) is 9.51. The van der Waals surface area contributed by atoms with Crippen LogP contribution in [0, 0.1) is 0 Å². The Hall–Kier alpha value is -3.66. The maximum absolute atomic E-state index is 11.5. The quantitative estimate of drug-likeness (QED) is 0.543. The number of pyridine rings is 1. The molecule has 0 saturated carbocycles. The summed E-state index contributed by atoms with van der Waals surface area (Å²) >= 11 is 0. The van der Waals surface area contributed by atoms with Gasteiger partial charge in [-0.3, -0.25) is 4.98 Å². The maximum Gasteiger partial charge on any atom is 0.337 e. The third-order valence-corrected chi connectivity index (χ3v) is 4.47. The predicted molar refractivity (Wildman–Crippen MR) is 121 cm³/mol. The van der Waals surface area contributed by atoms with E-state index in [4.69, 9.17) is 4.74 Å². The largest absolute Gasteiger partial charge is 0.465 e. The lowest BCUT2D eigenvalue weighted by Gasteiger charge is -2.11. The van der Waals surface area contributed by atoms with Crippen LogP contribution in [0.4, 0.5) is 5.69 Å². The smallest absolute Gasteiger partial charge is 0.337 e. The van der Waals surface area contributed by atoms with Gasteiger partial charge >= 0.3 is 5.97 Å². The number of hydrogen-bond donors (Lipinski definition) is 0. The molecule has 0 aliphatic rings. The number of nitrogens with zero attached hydrogens (tertiary/aromatic N) is 2. The Labute approximate surface area is 171 Å². The lowest BCUT2D eigenvalue weighted by molar-refractivity contribution is 0.0600. The number of carbonyl (C=O) groups is 1. The Morgan fingerprint density at radius 1 is 0.793 bits per heavy atom. The highest BCUT2D eigenvalue weighted by Gasteiger charge is 2.03. The number of esters is 1. The van der Waals surface area contributed by atoms with E-state index in [1.54, 1.807) is 12.1 Å². The molecule has 4 heteroatoms. The molecule has 0 unspecified atom stereocenters. The minimum absolute atomic E-state index is 0.331. The Morgan fingerprint density at radius 3 is 1.90 bits per heavy atom. The number of rotatable bonds is 6. The Kier molecular flexibility index (Phi) is 6.59. The second-order valence-corrected chi connectivity index (χ2v) is 6.78. The fourth-order valence-corrected chi connectivity index (χ4v) is 2.72. The minimum Gasteiger partial charge on any atom is -0.465 e. The molecule has 0 atom stereocenters. The van der Waals surface area contributed by atoms with Crippen LogP contribution in [0.15, 0.2) is 66.9 Å². The van der Waals surface area contributed by atoms with E-state index in [2.05, 4.69) is 40.2 Å². The highest BCUT2D eigenvalue weighted by atomic mass is 16.5. The van der Waals surface area contributed by atoms with Crippen LogP contribution in [0.3, 0.4) is 0 Å². The van der Waals surface area contributed by atoms with Crippen molar-refractivity contribution >= 4 is 36.0 Å². The number of anilines is 1. The molecule has 0 radical (unpaired) electrons. The number of aromatic nitrogens is 1. The van der Waals surface area contributed by atoms with E-state index in [0.29, 0.717) is 5.56 Å². The van der Waals surface area contributed by atoms with Crippen molar-refractivity contribution in [1.29, 1.82) is 0 Å². The van der Waals surface area contributed by atoms with E-state index in [-0.39, 0.29) is 5.97 Å². The SMILES string of the molecule is COC(=O)c1ccc(/C=C/c2ccc(/C=C/c3ccc(N(C)C)cc3)nc2)cc1. The molecule has 29 heavy (non-hydrogen) atoms. The van der Waals surface area contributed by atoms with Crippen molar-refractivity contribution in [1.82, 2.24) is 4.98 Å². The van der Waals surface area contributed by atoms with E-state index < -0.39 is 0 Å². The third kappa shape index (κ3) is 5.66. The highest BCUT2D eigenvalue weighted by Crippen LogP contribution is 2.15. The first kappa shape index (κ1) is 20.1. The molecule has 0 fully saturated rings. The van der Waals surface area contributed by atoms with Crippen LogP contribution in [-0.2, 0) is 4.74 Å². The third-order valence-electron chi connectivity index (χ3n) is 4.47. The standard InChI is InChI=1S/C25H24N2O2/c1-27(2)24-16-10-20(11-17-24)8-14-23-15-9-21(18-26-23)5-4-19-6-12-22(13-7-19)25(28)29-3/h4-18H,1-3H3/b5-4+,14-8+. The zero-order valence-corrected chi connectivity index (χ0v) is 16.9. The molecule has 0 amide bonds. The fraction of sp³-hybridized carbons (Fsp3) is 0.120.